The lowest BCUT2D eigenvalue weighted by atomic mass is 9.97. The molecule has 1 aromatic heterocycles. The van der Waals surface area contributed by atoms with Crippen LogP contribution >= 0.6 is 11.3 Å². The van der Waals surface area contributed by atoms with Gasteiger partial charge in [-0.3, -0.25) is 9.59 Å². The summed E-state index contributed by atoms with van der Waals surface area (Å²) in [4.78, 5) is 25.4. The van der Waals surface area contributed by atoms with Crippen LogP contribution in [0, 0.1) is 5.92 Å². The molecule has 1 aromatic rings. The normalized spacial score (nSPS) is 17.2. The van der Waals surface area contributed by atoms with Crippen molar-refractivity contribution in [3.63, 3.8) is 0 Å². The predicted molar refractivity (Wildman–Crippen MR) is 70.3 cm³/mol. The highest BCUT2D eigenvalue weighted by Crippen LogP contribution is 2.18. The Bertz CT molecular complexity index is 445. The van der Waals surface area contributed by atoms with Gasteiger partial charge in [0.25, 0.3) is 0 Å². The first-order valence-corrected chi connectivity index (χ1v) is 6.78. The molecule has 0 bridgehead atoms. The van der Waals surface area contributed by atoms with Crippen LogP contribution in [0.3, 0.4) is 0 Å². The topological polar surface area (TPSA) is 57.6 Å². The third kappa shape index (κ3) is 3.20. The van der Waals surface area contributed by atoms with Crippen molar-refractivity contribution >= 4 is 29.3 Å². The Hall–Kier alpha value is -1.62. The molecular formula is C13H15NO3S. The van der Waals surface area contributed by atoms with Crippen molar-refractivity contribution in [3.05, 3.63) is 28.5 Å². The molecule has 0 saturated carbocycles. The van der Waals surface area contributed by atoms with E-state index in [1.54, 1.807) is 28.4 Å². The van der Waals surface area contributed by atoms with Crippen molar-refractivity contribution in [1.29, 1.82) is 0 Å². The van der Waals surface area contributed by atoms with Crippen LogP contribution in [0.5, 0.6) is 0 Å². The van der Waals surface area contributed by atoms with E-state index >= 15 is 0 Å². The van der Waals surface area contributed by atoms with Crippen LogP contribution in [0.1, 0.15) is 17.7 Å². The quantitative estimate of drug-likeness (QED) is 0.851. The molecule has 0 aliphatic carbocycles. The van der Waals surface area contributed by atoms with Crippen molar-refractivity contribution < 1.29 is 14.7 Å². The van der Waals surface area contributed by atoms with E-state index in [0.717, 1.165) is 4.88 Å². The maximum Gasteiger partial charge on any atom is 0.306 e. The fourth-order valence-electron chi connectivity index (χ4n) is 1.99. The summed E-state index contributed by atoms with van der Waals surface area (Å²) < 4.78 is 0. The van der Waals surface area contributed by atoms with Crippen LogP contribution in [0.2, 0.25) is 0 Å². The third-order valence-corrected chi connectivity index (χ3v) is 3.93. The van der Waals surface area contributed by atoms with E-state index < -0.39 is 5.97 Å². The average Bonchev–Trinajstić information content (AvgIpc) is 2.89. The number of carbonyl (C=O) groups excluding carboxylic acids is 1. The summed E-state index contributed by atoms with van der Waals surface area (Å²) in [6, 6.07) is 3.89. The fourth-order valence-corrected chi connectivity index (χ4v) is 2.61. The number of carboxylic acid groups (broad SMARTS) is 1. The summed E-state index contributed by atoms with van der Waals surface area (Å²) in [7, 11) is 0. The molecule has 0 radical (unpaired) electrons. The minimum atomic E-state index is -0.753. The number of likely N-dealkylation sites (tertiary alicyclic amines) is 1. The lowest BCUT2D eigenvalue weighted by molar-refractivity contribution is -0.144. The summed E-state index contributed by atoms with van der Waals surface area (Å²) in [6.07, 6.45) is 4.46. The van der Waals surface area contributed by atoms with Crippen LogP contribution < -0.4 is 0 Å². The van der Waals surface area contributed by atoms with Crippen molar-refractivity contribution in [3.8, 4) is 0 Å². The van der Waals surface area contributed by atoms with Crippen LogP contribution in [0.4, 0.5) is 0 Å². The molecule has 0 unspecified atom stereocenters. The fraction of sp³-hybridized carbons (Fsp3) is 0.385. The second kappa shape index (κ2) is 5.82. The van der Waals surface area contributed by atoms with Crippen LogP contribution in [0.25, 0.3) is 6.08 Å². The first-order chi connectivity index (χ1) is 8.66. The molecule has 5 heteroatoms. The van der Waals surface area contributed by atoms with E-state index in [9.17, 15) is 9.59 Å². The van der Waals surface area contributed by atoms with Gasteiger partial charge < -0.3 is 10.0 Å². The van der Waals surface area contributed by atoms with Gasteiger partial charge in [-0.25, -0.2) is 0 Å². The second-order valence-corrected chi connectivity index (χ2v) is 5.27. The Morgan fingerprint density at radius 1 is 1.39 bits per heavy atom. The Balaban J connectivity index is 1.86. The maximum atomic E-state index is 11.9. The van der Waals surface area contributed by atoms with Gasteiger partial charge in [-0.05, 0) is 30.4 Å². The highest BCUT2D eigenvalue weighted by molar-refractivity contribution is 7.10. The van der Waals surface area contributed by atoms with E-state index in [1.165, 1.54) is 0 Å². The van der Waals surface area contributed by atoms with E-state index in [0.29, 0.717) is 25.9 Å². The van der Waals surface area contributed by atoms with Gasteiger partial charge in [0.2, 0.25) is 5.91 Å². The summed E-state index contributed by atoms with van der Waals surface area (Å²) in [5.41, 5.74) is 0. The smallest absolute Gasteiger partial charge is 0.306 e. The molecule has 2 rings (SSSR count). The molecule has 1 aliphatic heterocycles. The van der Waals surface area contributed by atoms with Crippen molar-refractivity contribution in [2.75, 3.05) is 13.1 Å². The number of hydrogen-bond acceptors (Lipinski definition) is 3. The van der Waals surface area contributed by atoms with Crippen molar-refractivity contribution in [2.24, 2.45) is 5.92 Å². The van der Waals surface area contributed by atoms with Gasteiger partial charge in [0.1, 0.15) is 0 Å². The molecule has 2 heterocycles. The molecule has 1 aliphatic rings. The maximum absolute atomic E-state index is 11.9. The van der Waals surface area contributed by atoms with Gasteiger partial charge >= 0.3 is 5.97 Å². The molecule has 1 fully saturated rings. The van der Waals surface area contributed by atoms with Crippen LogP contribution in [-0.2, 0) is 9.59 Å². The zero-order valence-corrected chi connectivity index (χ0v) is 10.7. The number of aliphatic carboxylic acids is 1. The van der Waals surface area contributed by atoms with Gasteiger partial charge in [0, 0.05) is 24.0 Å². The summed E-state index contributed by atoms with van der Waals surface area (Å²) >= 11 is 1.58. The Morgan fingerprint density at radius 2 is 2.11 bits per heavy atom. The van der Waals surface area contributed by atoms with E-state index in [2.05, 4.69) is 0 Å². The number of carbonyl (C=O) groups is 2. The van der Waals surface area contributed by atoms with E-state index in [-0.39, 0.29) is 11.8 Å². The van der Waals surface area contributed by atoms with Crippen molar-refractivity contribution in [2.45, 2.75) is 12.8 Å². The summed E-state index contributed by atoms with van der Waals surface area (Å²) in [5.74, 6) is -1.08. The molecule has 4 nitrogen and oxygen atoms in total. The van der Waals surface area contributed by atoms with Gasteiger partial charge in [0.05, 0.1) is 5.92 Å². The van der Waals surface area contributed by atoms with Gasteiger partial charge in [-0.15, -0.1) is 11.3 Å². The predicted octanol–water partition coefficient (Wildman–Crippen LogP) is 2.08. The lowest BCUT2D eigenvalue weighted by Gasteiger charge is -2.29. The molecule has 0 aromatic carbocycles. The van der Waals surface area contributed by atoms with Gasteiger partial charge in [-0.1, -0.05) is 6.07 Å². The minimum Gasteiger partial charge on any atom is -0.481 e. The molecule has 1 saturated heterocycles. The lowest BCUT2D eigenvalue weighted by Crippen LogP contribution is -2.39. The number of rotatable bonds is 3. The van der Waals surface area contributed by atoms with Crippen LogP contribution in [0.15, 0.2) is 23.6 Å². The van der Waals surface area contributed by atoms with Crippen molar-refractivity contribution in [1.82, 2.24) is 4.90 Å². The third-order valence-electron chi connectivity index (χ3n) is 3.09. The van der Waals surface area contributed by atoms with E-state index in [4.69, 9.17) is 5.11 Å². The summed E-state index contributed by atoms with van der Waals surface area (Å²) in [6.45, 7) is 1.06. The highest BCUT2D eigenvalue weighted by Gasteiger charge is 2.25. The molecule has 1 N–H and O–H groups in total. The number of thiophene rings is 1. The number of hydrogen-bond donors (Lipinski definition) is 1. The standard InChI is InChI=1S/C13H15NO3S/c15-12(4-3-11-2-1-9-18-11)14-7-5-10(6-8-14)13(16)17/h1-4,9-10H,5-8H2,(H,16,17)/b4-3+. The average molecular weight is 265 g/mol. The van der Waals surface area contributed by atoms with Crippen LogP contribution in [-0.4, -0.2) is 35.0 Å². The minimum absolute atomic E-state index is 0.0350. The molecule has 96 valence electrons. The molecule has 1 amide bonds. The zero-order chi connectivity index (χ0) is 13.0. The molecule has 0 atom stereocenters. The number of amides is 1. The Morgan fingerprint density at radius 3 is 2.67 bits per heavy atom. The van der Waals surface area contributed by atoms with Gasteiger partial charge in [-0.2, -0.15) is 0 Å². The molecule has 0 spiro atoms. The highest BCUT2D eigenvalue weighted by atomic mass is 32.1. The summed E-state index contributed by atoms with van der Waals surface area (Å²) in [5, 5.41) is 10.8. The van der Waals surface area contributed by atoms with E-state index in [1.807, 2.05) is 17.5 Å². The molecule has 18 heavy (non-hydrogen) atoms. The second-order valence-electron chi connectivity index (χ2n) is 4.29. The Kier molecular flexibility index (Phi) is 4.15. The zero-order valence-electron chi connectivity index (χ0n) is 9.91. The number of carboxylic acids is 1. The SMILES string of the molecule is O=C(O)C1CCN(C(=O)/C=C/c2cccs2)CC1. The number of piperidine rings is 1. The van der Waals surface area contributed by atoms with Gasteiger partial charge in [0.15, 0.2) is 0 Å². The Labute approximate surface area is 110 Å². The first kappa shape index (κ1) is 12.8. The largest absolute Gasteiger partial charge is 0.481 e. The molecular weight excluding hydrogens is 250 g/mol. The monoisotopic (exact) mass is 265 g/mol. The number of nitrogens with zero attached hydrogens (tertiary/aromatic N) is 1. The first-order valence-electron chi connectivity index (χ1n) is 5.90.